The lowest BCUT2D eigenvalue weighted by Crippen LogP contribution is -2.18. The van der Waals surface area contributed by atoms with Gasteiger partial charge in [0.1, 0.15) is 0 Å². The molecule has 3 aromatic rings. The third kappa shape index (κ3) is 3.29. The number of H-pyrrole nitrogens is 1. The molecular weight excluding hydrogens is 356 g/mol. The van der Waals surface area contributed by atoms with Crippen LogP contribution in [-0.2, 0) is 10.0 Å². The van der Waals surface area contributed by atoms with E-state index in [4.69, 9.17) is 0 Å². The summed E-state index contributed by atoms with van der Waals surface area (Å²) in [6, 6.07) is 11.3. The van der Waals surface area contributed by atoms with Gasteiger partial charge in [0.2, 0.25) is 0 Å². The molecule has 2 N–H and O–H groups in total. The summed E-state index contributed by atoms with van der Waals surface area (Å²) in [5.41, 5.74) is 2.65. The van der Waals surface area contributed by atoms with Gasteiger partial charge in [0.05, 0.1) is 16.0 Å². The summed E-state index contributed by atoms with van der Waals surface area (Å²) in [4.78, 5) is 15.4. The highest BCUT2D eigenvalue weighted by atomic mass is 32.2. The minimum atomic E-state index is -4.01. The number of fused-ring (bicyclic) bond motifs is 1. The van der Waals surface area contributed by atoms with Gasteiger partial charge in [0, 0.05) is 33.8 Å². The van der Waals surface area contributed by atoms with E-state index in [9.17, 15) is 18.5 Å². The van der Waals surface area contributed by atoms with Crippen LogP contribution >= 0.6 is 0 Å². The maximum Gasteiger partial charge on any atom is 0.276 e. The smallest absolute Gasteiger partial charge is 0.276 e. The molecule has 0 amide bonds. The summed E-state index contributed by atoms with van der Waals surface area (Å²) < 4.78 is 24.7. The summed E-state index contributed by atoms with van der Waals surface area (Å²) >= 11 is 0. The lowest BCUT2D eigenvalue weighted by Gasteiger charge is -2.04. The third-order valence-electron chi connectivity index (χ3n) is 4.00. The number of nitro groups is 1. The molecular formula is C17H16N4O4S. The highest BCUT2D eigenvalue weighted by molar-refractivity contribution is 7.89. The highest BCUT2D eigenvalue weighted by Crippen LogP contribution is 2.22. The van der Waals surface area contributed by atoms with E-state index in [-0.39, 0.29) is 10.6 Å². The summed E-state index contributed by atoms with van der Waals surface area (Å²) in [6.45, 7) is 3.40. The van der Waals surface area contributed by atoms with Crippen LogP contribution in [-0.4, -0.2) is 24.5 Å². The fourth-order valence-corrected chi connectivity index (χ4v) is 3.44. The standard InChI is InChI=1S/C17H16N4O4S/c1-11-7-8-13(9-17(11)21(22)23)26(24,25)20-18-10-15-12(2)19-16-6-4-3-5-14(15)16/h3-10,19-20H,1-2H3/b18-10+. The third-order valence-corrected chi connectivity index (χ3v) is 5.22. The molecule has 1 aromatic heterocycles. The Morgan fingerprint density at radius 2 is 1.92 bits per heavy atom. The number of sulfonamides is 1. The Kier molecular flexibility index (Phi) is 4.47. The van der Waals surface area contributed by atoms with Crippen LogP contribution in [0.2, 0.25) is 0 Å². The van der Waals surface area contributed by atoms with Gasteiger partial charge in [-0.25, -0.2) is 4.83 Å². The van der Waals surface area contributed by atoms with E-state index in [1.807, 2.05) is 31.2 Å². The summed E-state index contributed by atoms with van der Waals surface area (Å²) in [6.07, 6.45) is 1.41. The van der Waals surface area contributed by atoms with E-state index in [0.29, 0.717) is 5.56 Å². The fraction of sp³-hybridized carbons (Fsp3) is 0.118. The molecule has 1 heterocycles. The molecule has 0 saturated carbocycles. The molecule has 0 bridgehead atoms. The molecule has 9 heteroatoms. The zero-order valence-corrected chi connectivity index (χ0v) is 14.9. The SMILES string of the molecule is Cc1ccc(S(=O)(=O)N/N=C/c2c(C)[nH]c3ccccc23)cc1[N+](=O)[O-]. The van der Waals surface area contributed by atoms with Gasteiger partial charge in [0.25, 0.3) is 15.7 Å². The van der Waals surface area contributed by atoms with Gasteiger partial charge in [-0.2, -0.15) is 13.5 Å². The van der Waals surface area contributed by atoms with Gasteiger partial charge >= 0.3 is 0 Å². The number of aromatic nitrogens is 1. The van der Waals surface area contributed by atoms with Crippen molar-refractivity contribution in [3.8, 4) is 0 Å². The first-order valence-electron chi connectivity index (χ1n) is 7.67. The molecule has 26 heavy (non-hydrogen) atoms. The monoisotopic (exact) mass is 372 g/mol. The van der Waals surface area contributed by atoms with Gasteiger partial charge in [-0.1, -0.05) is 24.3 Å². The predicted octanol–water partition coefficient (Wildman–Crippen LogP) is 3.01. The molecule has 0 aliphatic carbocycles. The van der Waals surface area contributed by atoms with Crippen molar-refractivity contribution in [1.29, 1.82) is 0 Å². The number of hydrogen-bond acceptors (Lipinski definition) is 5. The maximum absolute atomic E-state index is 12.3. The number of rotatable bonds is 5. The van der Waals surface area contributed by atoms with Crippen LogP contribution in [0.5, 0.6) is 0 Å². The minimum Gasteiger partial charge on any atom is -0.358 e. The van der Waals surface area contributed by atoms with Gasteiger partial charge in [-0.3, -0.25) is 10.1 Å². The maximum atomic E-state index is 12.3. The second kappa shape index (κ2) is 6.60. The fourth-order valence-electron chi connectivity index (χ4n) is 2.63. The Hall–Kier alpha value is -3.20. The lowest BCUT2D eigenvalue weighted by molar-refractivity contribution is -0.385. The number of nitrogens with one attached hydrogen (secondary N) is 2. The minimum absolute atomic E-state index is 0.220. The Morgan fingerprint density at radius 3 is 2.65 bits per heavy atom. The van der Waals surface area contributed by atoms with Crippen molar-refractivity contribution in [1.82, 2.24) is 9.82 Å². The largest absolute Gasteiger partial charge is 0.358 e. The zero-order chi connectivity index (χ0) is 18.9. The number of nitrogens with zero attached hydrogens (tertiary/aromatic N) is 2. The van der Waals surface area contributed by atoms with E-state index < -0.39 is 14.9 Å². The van der Waals surface area contributed by atoms with E-state index in [1.165, 1.54) is 18.3 Å². The predicted molar refractivity (Wildman–Crippen MR) is 98.8 cm³/mol. The van der Waals surface area contributed by atoms with Crippen LogP contribution in [0.4, 0.5) is 5.69 Å². The van der Waals surface area contributed by atoms with Gasteiger partial charge in [-0.15, -0.1) is 0 Å². The quantitative estimate of drug-likeness (QED) is 0.406. The van der Waals surface area contributed by atoms with E-state index in [1.54, 1.807) is 6.92 Å². The molecule has 0 spiro atoms. The van der Waals surface area contributed by atoms with E-state index in [0.717, 1.165) is 28.2 Å². The van der Waals surface area contributed by atoms with Gasteiger partial charge in [0.15, 0.2) is 0 Å². The van der Waals surface area contributed by atoms with Crippen LogP contribution in [0.1, 0.15) is 16.8 Å². The molecule has 0 saturated heterocycles. The summed E-state index contributed by atoms with van der Waals surface area (Å²) in [5, 5.41) is 15.7. The Morgan fingerprint density at radius 1 is 1.19 bits per heavy atom. The second-order valence-corrected chi connectivity index (χ2v) is 7.43. The molecule has 0 aliphatic rings. The van der Waals surface area contributed by atoms with E-state index in [2.05, 4.69) is 14.9 Å². The van der Waals surface area contributed by atoms with Crippen LogP contribution < -0.4 is 4.83 Å². The molecule has 0 aliphatic heterocycles. The number of aromatic amines is 1. The summed E-state index contributed by atoms with van der Waals surface area (Å²) in [7, 11) is -4.01. The number of hydrogen-bond donors (Lipinski definition) is 2. The van der Waals surface area contributed by atoms with Crippen LogP contribution in [0, 0.1) is 24.0 Å². The molecule has 134 valence electrons. The molecule has 2 aromatic carbocycles. The Bertz CT molecular complexity index is 1130. The lowest BCUT2D eigenvalue weighted by atomic mass is 10.1. The van der Waals surface area contributed by atoms with E-state index >= 15 is 0 Å². The molecule has 0 fully saturated rings. The number of aryl methyl sites for hydroxylation is 2. The van der Waals surface area contributed by atoms with Crippen molar-refractivity contribution in [3.63, 3.8) is 0 Å². The van der Waals surface area contributed by atoms with Crippen LogP contribution in [0.15, 0.2) is 52.5 Å². The molecule has 0 atom stereocenters. The number of nitro benzene ring substituents is 1. The molecule has 0 radical (unpaired) electrons. The number of benzene rings is 2. The van der Waals surface area contributed by atoms with Gasteiger partial charge in [-0.05, 0) is 26.0 Å². The first-order valence-corrected chi connectivity index (χ1v) is 9.15. The van der Waals surface area contributed by atoms with Crippen molar-refractivity contribution in [2.45, 2.75) is 18.7 Å². The summed E-state index contributed by atoms with van der Waals surface area (Å²) in [5.74, 6) is 0. The highest BCUT2D eigenvalue weighted by Gasteiger charge is 2.19. The van der Waals surface area contributed by atoms with Gasteiger partial charge < -0.3 is 4.98 Å². The average molecular weight is 372 g/mol. The van der Waals surface area contributed by atoms with Crippen molar-refractivity contribution < 1.29 is 13.3 Å². The zero-order valence-electron chi connectivity index (χ0n) is 14.1. The van der Waals surface area contributed by atoms with Crippen molar-refractivity contribution in [2.24, 2.45) is 5.10 Å². The second-order valence-electron chi connectivity index (χ2n) is 5.77. The van der Waals surface area contributed by atoms with Crippen molar-refractivity contribution >= 4 is 32.8 Å². The first-order chi connectivity index (χ1) is 12.3. The Labute approximate surface area is 149 Å². The van der Waals surface area contributed by atoms with Crippen LogP contribution in [0.3, 0.4) is 0 Å². The molecule has 0 unspecified atom stereocenters. The number of para-hydroxylation sites is 1. The first kappa shape index (κ1) is 17.6. The molecule has 8 nitrogen and oxygen atoms in total. The topological polar surface area (TPSA) is 117 Å². The van der Waals surface area contributed by atoms with Crippen LogP contribution in [0.25, 0.3) is 10.9 Å². The Balaban J connectivity index is 1.88. The number of hydrazone groups is 1. The molecule has 3 rings (SSSR count). The average Bonchev–Trinajstić information content (AvgIpc) is 2.90. The van der Waals surface area contributed by atoms with Crippen molar-refractivity contribution in [2.75, 3.05) is 0 Å². The normalized spacial score (nSPS) is 11.9. The van der Waals surface area contributed by atoms with Crippen molar-refractivity contribution in [3.05, 3.63) is 69.4 Å².